The Morgan fingerprint density at radius 1 is 0.344 bits per heavy atom. The molecular formula is C36H76N8O16P4. The molecule has 28 heteroatoms. The summed E-state index contributed by atoms with van der Waals surface area (Å²) < 4.78 is 53.1. The van der Waals surface area contributed by atoms with Gasteiger partial charge in [0.1, 0.15) is 0 Å². The Bertz CT molecular complexity index is 1420. The van der Waals surface area contributed by atoms with E-state index in [4.69, 9.17) is 0 Å². The summed E-state index contributed by atoms with van der Waals surface area (Å²) in [5.74, 6) is -14.1. The Hall–Kier alpha value is -1.68. The smallest absolute Gasteiger partial charge is 0.330 e. The number of nitrogens with zero attached hydrogens (tertiary/aromatic N) is 4. The van der Waals surface area contributed by atoms with E-state index in [1.54, 1.807) is 55.4 Å². The van der Waals surface area contributed by atoms with E-state index >= 15 is 0 Å². The van der Waals surface area contributed by atoms with Gasteiger partial charge in [0, 0.05) is 76.0 Å². The number of carbonyl (C=O) groups excluding carboxylic acids is 4. The maximum atomic E-state index is 13.4. The lowest BCUT2D eigenvalue weighted by molar-refractivity contribution is -0.128. The van der Waals surface area contributed by atoms with Gasteiger partial charge >= 0.3 is 30.4 Å². The topological polar surface area (TPSA) is 359 Å². The van der Waals surface area contributed by atoms with Crippen molar-refractivity contribution in [2.75, 3.05) is 52.4 Å². The minimum atomic E-state index is -5.37. The van der Waals surface area contributed by atoms with Crippen LogP contribution in [0.25, 0.3) is 0 Å². The first-order chi connectivity index (χ1) is 29.6. The molecule has 1 rings (SSSR count). The van der Waals surface area contributed by atoms with Crippen LogP contribution in [0.1, 0.15) is 107 Å². The van der Waals surface area contributed by atoms with Crippen LogP contribution in [-0.2, 0) is 37.4 Å². The van der Waals surface area contributed by atoms with E-state index in [-0.39, 0.29) is 0 Å². The zero-order valence-electron chi connectivity index (χ0n) is 38.4. The van der Waals surface area contributed by atoms with Gasteiger partial charge < -0.3 is 60.4 Å². The number of hydrogen-bond acceptors (Lipinski definition) is 12. The van der Waals surface area contributed by atoms with Crippen molar-refractivity contribution >= 4 is 54.0 Å². The van der Waals surface area contributed by atoms with E-state index < -0.39 is 154 Å². The van der Waals surface area contributed by atoms with Crippen LogP contribution in [0.15, 0.2) is 0 Å². The fraction of sp³-hybridized carbons (Fsp3) is 0.889. The fourth-order valence-electron chi connectivity index (χ4n) is 7.62. The predicted octanol–water partition coefficient (Wildman–Crippen LogP) is 1.26. The van der Waals surface area contributed by atoms with Gasteiger partial charge in [-0.15, -0.1) is 0 Å². The average molecular weight is 1000 g/mol. The van der Waals surface area contributed by atoms with Gasteiger partial charge in [-0.1, -0.05) is 55.4 Å². The second-order valence-electron chi connectivity index (χ2n) is 16.1. The van der Waals surface area contributed by atoms with Crippen molar-refractivity contribution in [2.45, 2.75) is 130 Å². The molecule has 1 aliphatic rings. The number of amides is 4. The van der Waals surface area contributed by atoms with Crippen molar-refractivity contribution < 1.29 is 76.6 Å². The summed E-state index contributed by atoms with van der Waals surface area (Å²) in [5, 5.41) is 9.58. The molecular weight excluding hydrogens is 924 g/mol. The van der Waals surface area contributed by atoms with E-state index in [2.05, 4.69) is 21.3 Å². The Kier molecular flexibility index (Phi) is 25.8. The van der Waals surface area contributed by atoms with Gasteiger partial charge in [0.05, 0.1) is 0 Å². The Labute approximate surface area is 377 Å². The molecule has 0 bridgehead atoms. The molecule has 1 fully saturated rings. The third-order valence-electron chi connectivity index (χ3n) is 11.9. The summed E-state index contributed by atoms with van der Waals surface area (Å²) in [4.78, 5) is 144. The molecule has 64 heavy (non-hydrogen) atoms. The molecule has 0 saturated carbocycles. The quantitative estimate of drug-likeness (QED) is 0.0606. The summed E-state index contributed by atoms with van der Waals surface area (Å²) >= 11 is 0. The fourth-order valence-corrected chi connectivity index (χ4v) is 11.4. The molecule has 1 saturated heterocycles. The molecule has 4 atom stereocenters. The van der Waals surface area contributed by atoms with E-state index in [1.807, 2.05) is 0 Å². The normalized spacial score (nSPS) is 18.6. The van der Waals surface area contributed by atoms with Crippen LogP contribution in [0.4, 0.5) is 0 Å². The average Bonchev–Trinajstić information content (AvgIpc) is 3.18. The van der Waals surface area contributed by atoms with Crippen molar-refractivity contribution in [3.05, 3.63) is 0 Å². The third kappa shape index (κ3) is 18.8. The molecule has 0 aromatic carbocycles. The van der Waals surface area contributed by atoms with Crippen LogP contribution in [0.2, 0.25) is 0 Å². The first kappa shape index (κ1) is 60.3. The molecule has 0 radical (unpaired) electrons. The number of nitrogens with one attached hydrogen (secondary N) is 4. The molecule has 0 spiro atoms. The Morgan fingerprint density at radius 2 is 0.469 bits per heavy atom. The highest BCUT2D eigenvalue weighted by molar-refractivity contribution is 7.53. The lowest BCUT2D eigenvalue weighted by atomic mass is 10.0. The second-order valence-corrected chi connectivity index (χ2v) is 22.8. The van der Waals surface area contributed by atoms with Crippen LogP contribution < -0.4 is 21.3 Å². The van der Waals surface area contributed by atoms with Gasteiger partial charge in [0.25, 0.3) is 0 Å². The Morgan fingerprint density at radius 3 is 0.562 bits per heavy atom. The molecule has 12 N–H and O–H groups in total. The van der Waals surface area contributed by atoms with Crippen LogP contribution in [-0.4, -0.2) is 158 Å². The Balaban J connectivity index is 4.27. The molecule has 0 aliphatic carbocycles. The summed E-state index contributed by atoms with van der Waals surface area (Å²) in [6.45, 7) is 9.21. The van der Waals surface area contributed by atoms with E-state index in [1.165, 1.54) is 0 Å². The second kappa shape index (κ2) is 27.3. The summed E-state index contributed by atoms with van der Waals surface area (Å²) in [6.07, 6.45) is 2.35. The SMILES string of the molecule is CCC(CC)C(=O)NC(N1CCN(C(NC(=O)C(CC)CC)P(=O)(O)O)CCN(C(NC(=O)C(CC)CC)P(=O)(O)O)CCN(C(NC(=O)C(CC)CC)P(=O)(O)O)CC1)P(=O)(O)O. The maximum Gasteiger partial charge on any atom is 0.362 e. The summed E-state index contributed by atoms with van der Waals surface area (Å²) in [6, 6.07) is 0. The van der Waals surface area contributed by atoms with Crippen molar-refractivity contribution in [1.82, 2.24) is 40.9 Å². The molecule has 4 amide bonds. The van der Waals surface area contributed by atoms with Crippen molar-refractivity contribution in [2.24, 2.45) is 23.7 Å². The van der Waals surface area contributed by atoms with E-state index in [0.29, 0.717) is 51.4 Å². The van der Waals surface area contributed by atoms with Crippen LogP contribution in [0.3, 0.4) is 0 Å². The first-order valence-electron chi connectivity index (χ1n) is 22.0. The minimum Gasteiger partial charge on any atom is -0.330 e. The van der Waals surface area contributed by atoms with Crippen molar-refractivity contribution in [1.29, 1.82) is 0 Å². The van der Waals surface area contributed by atoms with Gasteiger partial charge in [-0.25, -0.2) is 0 Å². The lowest BCUT2D eigenvalue weighted by Gasteiger charge is -2.42. The van der Waals surface area contributed by atoms with Crippen molar-refractivity contribution in [3.63, 3.8) is 0 Å². The van der Waals surface area contributed by atoms with Crippen LogP contribution in [0, 0.1) is 23.7 Å². The zero-order valence-corrected chi connectivity index (χ0v) is 41.9. The lowest BCUT2D eigenvalue weighted by Crippen LogP contribution is -2.60. The monoisotopic (exact) mass is 1000 g/mol. The third-order valence-corrected chi connectivity index (χ3v) is 16.2. The standard InChI is InChI=1S/C36H76N8O16P4/c1-9-25(10-2)29(45)37-33(61(49,50)51)41-17-19-42(34(62(52,53)54)38-30(46)26(11-3)12-4)21-23-44(36(64(58,59)60)40-32(48)28(15-7)16-8)24-22-43(20-18-41)35(63(55,56)57)39-31(47)27(13-5)14-6/h25-28,33-36H,9-24H2,1-8H3,(H,37,45)(H,38,46)(H,39,47)(H,40,48)(H2,49,50,51)(H2,52,53,54)(H2,55,56,57)(H2,58,59,60). The predicted molar refractivity (Wildman–Crippen MR) is 238 cm³/mol. The van der Waals surface area contributed by atoms with Crippen LogP contribution >= 0.6 is 30.4 Å². The highest BCUT2D eigenvalue weighted by Crippen LogP contribution is 2.46. The molecule has 376 valence electrons. The van der Waals surface area contributed by atoms with Gasteiger partial charge in [-0.05, 0) is 51.4 Å². The maximum absolute atomic E-state index is 13.4. The molecule has 24 nitrogen and oxygen atoms in total. The molecule has 1 heterocycles. The van der Waals surface area contributed by atoms with E-state index in [0.717, 1.165) is 19.6 Å². The number of carbonyl (C=O) groups is 4. The number of rotatable bonds is 24. The van der Waals surface area contributed by atoms with Gasteiger partial charge in [0.15, 0.2) is 23.6 Å². The summed E-state index contributed by atoms with van der Waals surface area (Å²) in [7, 11) is -21.5. The van der Waals surface area contributed by atoms with Crippen LogP contribution in [0.5, 0.6) is 0 Å². The molecule has 0 aromatic heterocycles. The van der Waals surface area contributed by atoms with Gasteiger partial charge in [-0.3, -0.25) is 57.0 Å². The van der Waals surface area contributed by atoms with E-state index in [9.17, 15) is 76.6 Å². The zero-order chi connectivity index (χ0) is 49.4. The van der Waals surface area contributed by atoms with Gasteiger partial charge in [-0.2, -0.15) is 0 Å². The molecule has 0 aromatic rings. The minimum absolute atomic E-state index is 0.294. The first-order valence-corrected chi connectivity index (χ1v) is 28.7. The van der Waals surface area contributed by atoms with Crippen molar-refractivity contribution in [3.8, 4) is 0 Å². The molecule has 4 unspecified atom stereocenters. The number of hydrogen-bond donors (Lipinski definition) is 12. The van der Waals surface area contributed by atoms with Gasteiger partial charge in [0.2, 0.25) is 23.6 Å². The highest BCUT2D eigenvalue weighted by Gasteiger charge is 2.44. The largest absolute Gasteiger partial charge is 0.362 e. The summed E-state index contributed by atoms with van der Waals surface area (Å²) in [5.41, 5.74) is 0. The molecule has 1 aliphatic heterocycles. The highest BCUT2D eigenvalue weighted by atomic mass is 31.2.